The van der Waals surface area contributed by atoms with Crippen molar-refractivity contribution >= 4 is 0 Å². The standard InChI is InChI=1S/C16H20FN3O3/c1-11-9-21-12(2)7-20(11)8-16-18-15(19-23-16)10-22-14-5-3-13(17)4-6-14/h3-6,11-12H,7-10H2,1-2H3/t11-,12+/m0/s1. The molecule has 1 aliphatic heterocycles. The van der Waals surface area contributed by atoms with Crippen LogP contribution in [0.2, 0.25) is 0 Å². The highest BCUT2D eigenvalue weighted by Crippen LogP contribution is 2.15. The molecule has 1 saturated heterocycles. The van der Waals surface area contributed by atoms with Crippen molar-refractivity contribution in [1.29, 1.82) is 0 Å². The first-order chi connectivity index (χ1) is 11.1. The maximum absolute atomic E-state index is 12.8. The summed E-state index contributed by atoms with van der Waals surface area (Å²) in [5.41, 5.74) is 0. The maximum atomic E-state index is 12.8. The fourth-order valence-electron chi connectivity index (χ4n) is 2.46. The van der Waals surface area contributed by atoms with Gasteiger partial charge in [0, 0.05) is 12.6 Å². The van der Waals surface area contributed by atoms with Crippen LogP contribution in [0.1, 0.15) is 25.6 Å². The zero-order valence-electron chi connectivity index (χ0n) is 13.2. The Morgan fingerprint density at radius 2 is 2.09 bits per heavy atom. The SMILES string of the molecule is C[C@@H]1CN(Cc2nc(COc3ccc(F)cc3)no2)[C@@H](C)CO1. The largest absolute Gasteiger partial charge is 0.485 e. The highest BCUT2D eigenvalue weighted by Gasteiger charge is 2.25. The Morgan fingerprint density at radius 3 is 2.87 bits per heavy atom. The summed E-state index contributed by atoms with van der Waals surface area (Å²) >= 11 is 0. The van der Waals surface area contributed by atoms with Crippen LogP contribution in [-0.2, 0) is 17.9 Å². The first-order valence-corrected chi connectivity index (χ1v) is 7.65. The minimum Gasteiger partial charge on any atom is -0.485 e. The van der Waals surface area contributed by atoms with E-state index < -0.39 is 0 Å². The summed E-state index contributed by atoms with van der Waals surface area (Å²) in [6.45, 7) is 6.48. The molecule has 0 bridgehead atoms. The predicted molar refractivity (Wildman–Crippen MR) is 80.3 cm³/mol. The number of rotatable bonds is 5. The van der Waals surface area contributed by atoms with Gasteiger partial charge in [0.25, 0.3) is 0 Å². The van der Waals surface area contributed by atoms with E-state index >= 15 is 0 Å². The number of benzene rings is 1. The predicted octanol–water partition coefficient (Wildman–Crippen LogP) is 2.40. The fraction of sp³-hybridized carbons (Fsp3) is 0.500. The van der Waals surface area contributed by atoms with Crippen molar-refractivity contribution in [3.8, 4) is 5.75 Å². The fourth-order valence-corrected chi connectivity index (χ4v) is 2.46. The van der Waals surface area contributed by atoms with Crippen molar-refractivity contribution in [1.82, 2.24) is 15.0 Å². The normalized spacial score (nSPS) is 22.2. The van der Waals surface area contributed by atoms with Crippen molar-refractivity contribution in [2.24, 2.45) is 0 Å². The Hall–Kier alpha value is -1.99. The third-order valence-corrected chi connectivity index (χ3v) is 3.77. The van der Waals surface area contributed by atoms with Crippen LogP contribution in [0.25, 0.3) is 0 Å². The molecule has 2 heterocycles. The molecule has 0 N–H and O–H groups in total. The van der Waals surface area contributed by atoms with Crippen LogP contribution in [-0.4, -0.2) is 40.3 Å². The highest BCUT2D eigenvalue weighted by atomic mass is 19.1. The summed E-state index contributed by atoms with van der Waals surface area (Å²) in [6, 6.07) is 6.13. The van der Waals surface area contributed by atoms with Crippen molar-refractivity contribution < 1.29 is 18.4 Å². The van der Waals surface area contributed by atoms with E-state index in [2.05, 4.69) is 28.9 Å². The first kappa shape index (κ1) is 15.9. The van der Waals surface area contributed by atoms with Crippen LogP contribution in [0, 0.1) is 5.82 Å². The summed E-state index contributed by atoms with van der Waals surface area (Å²) in [6.07, 6.45) is 0.204. The smallest absolute Gasteiger partial charge is 0.240 e. The maximum Gasteiger partial charge on any atom is 0.240 e. The zero-order chi connectivity index (χ0) is 16.2. The second-order valence-electron chi connectivity index (χ2n) is 5.77. The van der Waals surface area contributed by atoms with Gasteiger partial charge >= 0.3 is 0 Å². The molecule has 1 aromatic carbocycles. The molecular weight excluding hydrogens is 301 g/mol. The van der Waals surface area contributed by atoms with Crippen molar-refractivity contribution in [3.05, 3.63) is 41.8 Å². The molecule has 2 atom stereocenters. The van der Waals surface area contributed by atoms with E-state index in [1.807, 2.05) is 0 Å². The van der Waals surface area contributed by atoms with Gasteiger partial charge in [-0.3, -0.25) is 4.90 Å². The lowest BCUT2D eigenvalue weighted by atomic mass is 10.2. The minimum absolute atomic E-state index is 0.185. The lowest BCUT2D eigenvalue weighted by Gasteiger charge is -2.35. The molecule has 7 heteroatoms. The molecule has 0 spiro atoms. The van der Waals surface area contributed by atoms with Gasteiger partial charge in [0.2, 0.25) is 11.7 Å². The van der Waals surface area contributed by atoms with Crippen molar-refractivity contribution in [2.45, 2.75) is 39.1 Å². The molecule has 0 unspecified atom stereocenters. The Bertz CT molecular complexity index is 632. The van der Waals surface area contributed by atoms with Crippen LogP contribution >= 0.6 is 0 Å². The van der Waals surface area contributed by atoms with E-state index in [4.69, 9.17) is 14.0 Å². The van der Waals surface area contributed by atoms with Gasteiger partial charge in [0.1, 0.15) is 11.6 Å². The monoisotopic (exact) mass is 321 g/mol. The molecule has 1 aliphatic rings. The molecule has 23 heavy (non-hydrogen) atoms. The van der Waals surface area contributed by atoms with E-state index in [9.17, 15) is 4.39 Å². The number of morpholine rings is 1. The third kappa shape index (κ3) is 4.27. The second-order valence-corrected chi connectivity index (χ2v) is 5.77. The molecule has 3 rings (SSSR count). The van der Waals surface area contributed by atoms with Gasteiger partial charge < -0.3 is 14.0 Å². The Balaban J connectivity index is 1.54. The summed E-state index contributed by atoms with van der Waals surface area (Å²) < 4.78 is 29.2. The minimum atomic E-state index is -0.298. The second kappa shape index (κ2) is 7.06. The summed E-state index contributed by atoms with van der Waals surface area (Å²) in [5, 5.41) is 3.92. The van der Waals surface area contributed by atoms with Gasteiger partial charge in [-0.05, 0) is 38.1 Å². The van der Waals surface area contributed by atoms with Crippen LogP contribution in [0.3, 0.4) is 0 Å². The van der Waals surface area contributed by atoms with E-state index in [0.29, 0.717) is 36.7 Å². The Morgan fingerprint density at radius 1 is 1.30 bits per heavy atom. The number of ether oxygens (including phenoxy) is 2. The molecule has 1 fully saturated rings. The molecule has 0 saturated carbocycles. The Labute approximate surface area is 134 Å². The van der Waals surface area contributed by atoms with Gasteiger partial charge in [-0.15, -0.1) is 0 Å². The summed E-state index contributed by atoms with van der Waals surface area (Å²) in [4.78, 5) is 6.59. The average Bonchev–Trinajstić information content (AvgIpc) is 2.98. The third-order valence-electron chi connectivity index (χ3n) is 3.77. The van der Waals surface area contributed by atoms with Gasteiger partial charge in [-0.1, -0.05) is 5.16 Å². The summed E-state index contributed by atoms with van der Waals surface area (Å²) in [5.74, 6) is 1.29. The molecule has 0 aliphatic carbocycles. The van der Waals surface area contributed by atoms with Crippen molar-refractivity contribution in [2.75, 3.05) is 13.2 Å². The molecular formula is C16H20FN3O3. The van der Waals surface area contributed by atoms with Crippen molar-refractivity contribution in [3.63, 3.8) is 0 Å². The Kier molecular flexibility index (Phi) is 4.88. The quantitative estimate of drug-likeness (QED) is 0.843. The van der Waals surface area contributed by atoms with Gasteiger partial charge in [0.15, 0.2) is 6.61 Å². The number of halogens is 1. The van der Waals surface area contributed by atoms with Gasteiger partial charge in [0.05, 0.1) is 19.3 Å². The molecule has 0 radical (unpaired) electrons. The topological polar surface area (TPSA) is 60.6 Å². The van der Waals surface area contributed by atoms with E-state index in [0.717, 1.165) is 6.54 Å². The van der Waals surface area contributed by atoms with Crippen LogP contribution in [0.5, 0.6) is 5.75 Å². The lowest BCUT2D eigenvalue weighted by Crippen LogP contribution is -2.46. The van der Waals surface area contributed by atoms with E-state index in [1.54, 1.807) is 12.1 Å². The van der Waals surface area contributed by atoms with Crippen LogP contribution < -0.4 is 4.74 Å². The molecule has 0 amide bonds. The van der Waals surface area contributed by atoms with Crippen LogP contribution in [0.4, 0.5) is 4.39 Å². The van der Waals surface area contributed by atoms with Crippen LogP contribution in [0.15, 0.2) is 28.8 Å². The lowest BCUT2D eigenvalue weighted by molar-refractivity contribution is -0.0555. The van der Waals surface area contributed by atoms with Gasteiger partial charge in [-0.25, -0.2) is 4.39 Å². The molecule has 1 aromatic heterocycles. The number of nitrogens with zero attached hydrogens (tertiary/aromatic N) is 3. The van der Waals surface area contributed by atoms with Gasteiger partial charge in [-0.2, -0.15) is 4.98 Å². The molecule has 2 aromatic rings. The summed E-state index contributed by atoms with van der Waals surface area (Å²) in [7, 11) is 0. The number of hydrogen-bond donors (Lipinski definition) is 0. The molecule has 124 valence electrons. The number of hydrogen-bond acceptors (Lipinski definition) is 6. The van der Waals surface area contributed by atoms with E-state index in [1.165, 1.54) is 12.1 Å². The highest BCUT2D eigenvalue weighted by molar-refractivity contribution is 5.22. The zero-order valence-corrected chi connectivity index (χ0v) is 13.2. The number of aromatic nitrogens is 2. The first-order valence-electron chi connectivity index (χ1n) is 7.65. The van der Waals surface area contributed by atoms with E-state index in [-0.39, 0.29) is 18.5 Å². The average molecular weight is 321 g/mol. The molecule has 6 nitrogen and oxygen atoms in total.